The lowest BCUT2D eigenvalue weighted by Crippen LogP contribution is -2.47. The summed E-state index contributed by atoms with van der Waals surface area (Å²) in [6, 6.07) is 0. The van der Waals surface area contributed by atoms with Gasteiger partial charge < -0.3 is 39.7 Å². The first-order chi connectivity index (χ1) is 23.5. The van der Waals surface area contributed by atoms with Crippen LogP contribution in [0.3, 0.4) is 0 Å². The molecule has 1 fully saturated rings. The Balaban J connectivity index is 2.47. The van der Waals surface area contributed by atoms with Crippen LogP contribution in [0.15, 0.2) is 12.2 Å². The predicted molar refractivity (Wildman–Crippen MR) is 178 cm³/mol. The highest BCUT2D eigenvalue weighted by molar-refractivity contribution is 5.74. The van der Waals surface area contributed by atoms with Gasteiger partial charge in [0.1, 0.15) is 12.2 Å². The minimum absolute atomic E-state index is 0.124. The molecule has 0 spiro atoms. The zero-order valence-corrected chi connectivity index (χ0v) is 28.9. The van der Waals surface area contributed by atoms with Gasteiger partial charge in [0.2, 0.25) is 0 Å². The third-order valence-electron chi connectivity index (χ3n) is 8.06. The zero-order chi connectivity index (χ0) is 36.4. The maximum atomic E-state index is 12.8. The molecule has 4 atom stereocenters. The molecule has 1 aliphatic heterocycles. The lowest BCUT2D eigenvalue weighted by atomic mass is 10.1. The van der Waals surface area contributed by atoms with Gasteiger partial charge in [0.25, 0.3) is 0 Å². The number of aliphatic hydroxyl groups excluding tert-OH is 2. The molecule has 1 rings (SSSR count). The fourth-order valence-corrected chi connectivity index (χ4v) is 5.52. The lowest BCUT2D eigenvalue weighted by Gasteiger charge is -2.28. The van der Waals surface area contributed by atoms with Crippen molar-refractivity contribution in [1.82, 2.24) is 9.80 Å². The van der Waals surface area contributed by atoms with E-state index in [-0.39, 0.29) is 26.1 Å². The lowest BCUT2D eigenvalue weighted by molar-refractivity contribution is -0.172. The summed E-state index contributed by atoms with van der Waals surface area (Å²) in [7, 11) is 0. The maximum Gasteiger partial charge on any atom is 0.320 e. The van der Waals surface area contributed by atoms with Crippen molar-refractivity contribution in [1.29, 1.82) is 0 Å². The molecule has 0 saturated carbocycles. The number of carboxylic acid groups (broad SMARTS) is 3. The number of rotatable bonds is 30. The third-order valence-corrected chi connectivity index (χ3v) is 8.06. The molecule has 0 unspecified atom stereocenters. The van der Waals surface area contributed by atoms with Crippen molar-refractivity contribution >= 4 is 29.8 Å². The Morgan fingerprint density at radius 1 is 0.735 bits per heavy atom. The summed E-state index contributed by atoms with van der Waals surface area (Å²) in [6.07, 6.45) is 14.2. The predicted octanol–water partition coefficient (Wildman–Crippen LogP) is 2.46. The van der Waals surface area contributed by atoms with Crippen LogP contribution in [0, 0.1) is 0 Å². The molecule has 0 bridgehead atoms. The summed E-state index contributed by atoms with van der Waals surface area (Å²) in [5.74, 6) is -5.37. The summed E-state index contributed by atoms with van der Waals surface area (Å²) in [6.45, 7) is -1.48. The number of aliphatic hydroxyl groups is 2. The molecule has 1 heterocycles. The van der Waals surface area contributed by atoms with Crippen molar-refractivity contribution in [2.24, 2.45) is 0 Å². The van der Waals surface area contributed by atoms with E-state index in [1.165, 1.54) is 38.5 Å². The van der Waals surface area contributed by atoms with Crippen molar-refractivity contribution in [3.05, 3.63) is 12.2 Å². The number of allylic oxidation sites excluding steroid dienone is 2. The van der Waals surface area contributed by atoms with E-state index in [0.717, 1.165) is 48.3 Å². The third kappa shape index (κ3) is 21.6. The van der Waals surface area contributed by atoms with E-state index in [2.05, 4.69) is 19.1 Å². The summed E-state index contributed by atoms with van der Waals surface area (Å²) in [4.78, 5) is 61.0. The second-order valence-electron chi connectivity index (χ2n) is 12.5. The second-order valence-corrected chi connectivity index (χ2v) is 12.5. The first kappa shape index (κ1) is 43.9. The molecule has 0 aromatic rings. The van der Waals surface area contributed by atoms with Crippen LogP contribution in [0.25, 0.3) is 0 Å². The number of ether oxygens (including phenoxy) is 3. The largest absolute Gasteiger partial charge is 0.480 e. The number of esters is 2. The number of unbranched alkanes of at least 4 members (excludes halogenated alkanes) is 11. The van der Waals surface area contributed by atoms with Gasteiger partial charge in [-0.05, 0) is 32.1 Å². The van der Waals surface area contributed by atoms with E-state index in [4.69, 9.17) is 24.4 Å². The van der Waals surface area contributed by atoms with Gasteiger partial charge in [0.05, 0.1) is 39.4 Å². The Morgan fingerprint density at radius 2 is 1.22 bits per heavy atom. The zero-order valence-electron chi connectivity index (χ0n) is 28.9. The van der Waals surface area contributed by atoms with Crippen molar-refractivity contribution in [2.45, 2.75) is 121 Å². The van der Waals surface area contributed by atoms with Gasteiger partial charge in [-0.15, -0.1) is 0 Å². The van der Waals surface area contributed by atoms with Gasteiger partial charge in [0.15, 0.2) is 12.2 Å². The molecule has 49 heavy (non-hydrogen) atoms. The Morgan fingerprint density at radius 3 is 1.73 bits per heavy atom. The quantitative estimate of drug-likeness (QED) is 0.0412. The van der Waals surface area contributed by atoms with E-state index < -0.39 is 87.0 Å². The monoisotopic (exact) mass is 702 g/mol. The molecule has 15 nitrogen and oxygen atoms in total. The number of hydrogen-bond acceptors (Lipinski definition) is 12. The standard InChI is InChI=1S/C34H58N2O13/c1-2-3-4-5-6-7-8-9-10-11-12-13-14-15-16-17-31(45)48-27(24-37)34-33(26(38)25-47-34)49-32(46)23-36(22-30(43)44)19-18-35(20-28(39)40)21-29(41)42/h9-10,26-27,33-34,37-38H,2-8,11-25H2,1H3,(H,39,40)(H,41,42)(H,43,44)/b10-9-/t26-,27+,33+,34+/m0/s1. The average Bonchev–Trinajstić information content (AvgIpc) is 3.38. The Labute approximate surface area is 289 Å². The summed E-state index contributed by atoms with van der Waals surface area (Å²) < 4.78 is 16.3. The van der Waals surface area contributed by atoms with Crippen molar-refractivity contribution in [3.8, 4) is 0 Å². The Hall–Kier alpha value is -3.11. The van der Waals surface area contributed by atoms with Crippen LogP contribution < -0.4 is 0 Å². The number of aliphatic carboxylic acids is 3. The molecule has 0 aromatic carbocycles. The van der Waals surface area contributed by atoms with Crippen molar-refractivity contribution in [2.75, 3.05) is 52.5 Å². The minimum Gasteiger partial charge on any atom is -0.480 e. The second kappa shape index (κ2) is 26.7. The number of nitrogens with zero attached hydrogens (tertiary/aromatic N) is 2. The van der Waals surface area contributed by atoms with Gasteiger partial charge in [-0.25, -0.2) is 0 Å². The molecule has 0 amide bonds. The molecule has 5 N–H and O–H groups in total. The molecule has 282 valence electrons. The fraction of sp³-hybridized carbons (Fsp3) is 0.794. The SMILES string of the molecule is CCCCCCCC/C=C\CCCCCCCC(=O)O[C@H](CO)[C@H]1OC[C@H](O)[C@H]1OC(=O)CN(CCN(CC(=O)O)CC(=O)O)CC(=O)O. The van der Waals surface area contributed by atoms with Gasteiger partial charge in [-0.2, -0.15) is 0 Å². The van der Waals surface area contributed by atoms with Gasteiger partial charge in [0, 0.05) is 19.5 Å². The van der Waals surface area contributed by atoms with E-state index >= 15 is 0 Å². The summed E-state index contributed by atoms with van der Waals surface area (Å²) >= 11 is 0. The van der Waals surface area contributed by atoms with Crippen LogP contribution in [-0.4, -0.2) is 142 Å². The summed E-state index contributed by atoms with van der Waals surface area (Å²) in [5.41, 5.74) is 0. The van der Waals surface area contributed by atoms with Crippen molar-refractivity contribution in [3.63, 3.8) is 0 Å². The van der Waals surface area contributed by atoms with E-state index in [9.17, 15) is 39.3 Å². The van der Waals surface area contributed by atoms with E-state index in [0.29, 0.717) is 6.42 Å². The van der Waals surface area contributed by atoms with Crippen LogP contribution in [0.2, 0.25) is 0 Å². The van der Waals surface area contributed by atoms with E-state index in [1.807, 2.05) is 0 Å². The highest BCUT2D eigenvalue weighted by atomic mass is 16.6. The van der Waals surface area contributed by atoms with Gasteiger partial charge in [-0.1, -0.05) is 70.4 Å². The maximum absolute atomic E-state index is 12.8. The van der Waals surface area contributed by atoms with Crippen LogP contribution in [0.5, 0.6) is 0 Å². The molecule has 0 radical (unpaired) electrons. The van der Waals surface area contributed by atoms with Crippen molar-refractivity contribution < 1.29 is 63.7 Å². The molecule has 0 aliphatic carbocycles. The first-order valence-corrected chi connectivity index (χ1v) is 17.5. The highest BCUT2D eigenvalue weighted by Crippen LogP contribution is 2.24. The fourth-order valence-electron chi connectivity index (χ4n) is 5.52. The first-order valence-electron chi connectivity index (χ1n) is 17.5. The molecular formula is C34H58N2O13. The normalized spacial score (nSPS) is 18.3. The number of carboxylic acids is 3. The number of carbonyl (C=O) groups is 5. The molecule has 1 aliphatic rings. The number of hydrogen-bond donors (Lipinski definition) is 5. The molecule has 0 aromatic heterocycles. The molecular weight excluding hydrogens is 644 g/mol. The topological polar surface area (TPSA) is 221 Å². The van der Waals surface area contributed by atoms with Crippen LogP contribution in [0.1, 0.15) is 96.8 Å². The van der Waals surface area contributed by atoms with Crippen LogP contribution in [-0.2, 0) is 38.2 Å². The van der Waals surface area contributed by atoms with Gasteiger partial charge in [-0.3, -0.25) is 33.8 Å². The van der Waals surface area contributed by atoms with E-state index in [1.54, 1.807) is 0 Å². The van der Waals surface area contributed by atoms with Crippen LogP contribution >= 0.6 is 0 Å². The summed E-state index contributed by atoms with van der Waals surface area (Å²) in [5, 5.41) is 47.6. The average molecular weight is 703 g/mol. The van der Waals surface area contributed by atoms with Crippen LogP contribution in [0.4, 0.5) is 0 Å². The minimum atomic E-state index is -1.32. The smallest absolute Gasteiger partial charge is 0.320 e. The Kier molecular flexibility index (Phi) is 23.9. The van der Waals surface area contributed by atoms with Gasteiger partial charge >= 0.3 is 29.8 Å². The molecule has 15 heteroatoms. The number of carbonyl (C=O) groups excluding carboxylic acids is 2. The Bertz CT molecular complexity index is 993. The highest BCUT2D eigenvalue weighted by Gasteiger charge is 2.45. The molecule has 1 saturated heterocycles.